The zero-order valence-corrected chi connectivity index (χ0v) is 14.8. The molecule has 2 N–H and O–H groups in total. The molecule has 1 aromatic carbocycles. The Kier molecular flexibility index (Phi) is 6.00. The van der Waals surface area contributed by atoms with Crippen LogP contribution in [0.5, 0.6) is 0 Å². The van der Waals surface area contributed by atoms with Crippen molar-refractivity contribution < 1.29 is 9.59 Å². The Balaban J connectivity index is 1.39. The predicted molar refractivity (Wildman–Crippen MR) is 98.8 cm³/mol. The second-order valence-electron chi connectivity index (χ2n) is 6.12. The molecule has 0 spiro atoms. The molecule has 7 heteroatoms. The number of hydrogen-bond donors (Lipinski definition) is 2. The normalized spacial score (nSPS) is 17.1. The molecule has 132 valence electrons. The summed E-state index contributed by atoms with van der Waals surface area (Å²) in [5.74, 6) is 0.0189. The SMILES string of the molecule is O=C(CNC(=O)c1ccccc1)NC[C@H]1CCCN(c2nccs2)C1. The first-order valence-electron chi connectivity index (χ1n) is 8.47. The summed E-state index contributed by atoms with van der Waals surface area (Å²) in [7, 11) is 0. The molecule has 0 radical (unpaired) electrons. The highest BCUT2D eigenvalue weighted by atomic mass is 32.1. The van der Waals surface area contributed by atoms with Gasteiger partial charge in [-0.15, -0.1) is 11.3 Å². The van der Waals surface area contributed by atoms with E-state index in [0.717, 1.165) is 31.1 Å². The molecule has 1 aliphatic rings. The van der Waals surface area contributed by atoms with Gasteiger partial charge in [0.25, 0.3) is 5.91 Å². The smallest absolute Gasteiger partial charge is 0.251 e. The van der Waals surface area contributed by atoms with Crippen LogP contribution in [0.1, 0.15) is 23.2 Å². The van der Waals surface area contributed by atoms with Crippen molar-refractivity contribution in [3.8, 4) is 0 Å². The number of nitrogens with zero attached hydrogens (tertiary/aromatic N) is 2. The van der Waals surface area contributed by atoms with Gasteiger partial charge in [-0.3, -0.25) is 9.59 Å². The average molecular weight is 358 g/mol. The minimum Gasteiger partial charge on any atom is -0.354 e. The molecule has 0 saturated carbocycles. The number of piperidine rings is 1. The van der Waals surface area contributed by atoms with E-state index in [4.69, 9.17) is 0 Å². The molecule has 3 rings (SSSR count). The van der Waals surface area contributed by atoms with Gasteiger partial charge in [-0.2, -0.15) is 0 Å². The van der Waals surface area contributed by atoms with Gasteiger partial charge in [0, 0.05) is 36.8 Å². The minimum absolute atomic E-state index is 0.00333. The topological polar surface area (TPSA) is 74.3 Å². The van der Waals surface area contributed by atoms with E-state index in [0.29, 0.717) is 18.0 Å². The van der Waals surface area contributed by atoms with Crippen molar-refractivity contribution in [3.63, 3.8) is 0 Å². The van der Waals surface area contributed by atoms with Crippen LogP contribution in [0.25, 0.3) is 0 Å². The van der Waals surface area contributed by atoms with Crippen LogP contribution in [0, 0.1) is 5.92 Å². The first kappa shape index (κ1) is 17.4. The molecule has 1 aromatic heterocycles. The van der Waals surface area contributed by atoms with Crippen LogP contribution >= 0.6 is 11.3 Å². The molecule has 0 bridgehead atoms. The summed E-state index contributed by atoms with van der Waals surface area (Å²) in [6.07, 6.45) is 4.02. The van der Waals surface area contributed by atoms with Crippen molar-refractivity contribution >= 4 is 28.3 Å². The third-order valence-electron chi connectivity index (χ3n) is 4.24. The highest BCUT2D eigenvalue weighted by Crippen LogP contribution is 2.24. The lowest BCUT2D eigenvalue weighted by molar-refractivity contribution is -0.120. The second-order valence-corrected chi connectivity index (χ2v) is 6.99. The first-order valence-corrected chi connectivity index (χ1v) is 9.35. The third-order valence-corrected chi connectivity index (χ3v) is 5.07. The fraction of sp³-hybridized carbons (Fsp3) is 0.389. The molecule has 2 amide bonds. The molecular weight excluding hydrogens is 336 g/mol. The number of carbonyl (C=O) groups is 2. The van der Waals surface area contributed by atoms with E-state index in [1.165, 1.54) is 0 Å². The van der Waals surface area contributed by atoms with E-state index in [-0.39, 0.29) is 18.4 Å². The molecule has 1 atom stereocenters. The van der Waals surface area contributed by atoms with Gasteiger partial charge in [-0.1, -0.05) is 18.2 Å². The van der Waals surface area contributed by atoms with Crippen molar-refractivity contribution in [3.05, 3.63) is 47.5 Å². The summed E-state index contributed by atoms with van der Waals surface area (Å²) in [6, 6.07) is 8.89. The predicted octanol–water partition coefficient (Wildman–Crippen LogP) is 1.91. The van der Waals surface area contributed by atoms with E-state index in [9.17, 15) is 9.59 Å². The van der Waals surface area contributed by atoms with Gasteiger partial charge in [0.2, 0.25) is 5.91 Å². The number of aromatic nitrogens is 1. The van der Waals surface area contributed by atoms with E-state index in [1.807, 2.05) is 17.6 Å². The highest BCUT2D eigenvalue weighted by Gasteiger charge is 2.22. The maximum absolute atomic E-state index is 12.0. The van der Waals surface area contributed by atoms with Crippen molar-refractivity contribution in [2.75, 3.05) is 31.1 Å². The standard InChI is InChI=1S/C18H22N4O2S/c23-16(12-21-17(24)15-6-2-1-3-7-15)20-11-14-5-4-9-22(13-14)18-19-8-10-25-18/h1-3,6-8,10,14H,4-5,9,11-13H2,(H,20,23)(H,21,24)/t14-/m1/s1. The fourth-order valence-corrected chi connectivity index (χ4v) is 3.63. The summed E-state index contributed by atoms with van der Waals surface area (Å²) in [5, 5.41) is 8.61. The Bertz CT molecular complexity index is 690. The number of carbonyl (C=O) groups excluding carboxylic acids is 2. The average Bonchev–Trinajstić information content (AvgIpc) is 3.20. The highest BCUT2D eigenvalue weighted by molar-refractivity contribution is 7.13. The molecule has 2 heterocycles. The molecule has 25 heavy (non-hydrogen) atoms. The van der Waals surface area contributed by atoms with Gasteiger partial charge in [-0.05, 0) is 30.9 Å². The minimum atomic E-state index is -0.233. The summed E-state index contributed by atoms with van der Waals surface area (Å²) in [4.78, 5) is 30.5. The molecule has 0 unspecified atom stereocenters. The van der Waals surface area contributed by atoms with Gasteiger partial charge >= 0.3 is 0 Å². The van der Waals surface area contributed by atoms with Crippen molar-refractivity contribution in [2.45, 2.75) is 12.8 Å². The van der Waals surface area contributed by atoms with Crippen LogP contribution in [-0.4, -0.2) is 43.0 Å². The van der Waals surface area contributed by atoms with Gasteiger partial charge in [0.1, 0.15) is 0 Å². The lowest BCUT2D eigenvalue weighted by Crippen LogP contribution is -2.43. The van der Waals surface area contributed by atoms with E-state index in [1.54, 1.807) is 35.6 Å². The third kappa shape index (κ3) is 5.03. The molecule has 2 aromatic rings. The largest absolute Gasteiger partial charge is 0.354 e. The molecular formula is C18H22N4O2S. The Hall–Kier alpha value is -2.41. The zero-order valence-electron chi connectivity index (χ0n) is 14.0. The number of anilines is 1. The molecule has 6 nitrogen and oxygen atoms in total. The van der Waals surface area contributed by atoms with E-state index in [2.05, 4.69) is 20.5 Å². The first-order chi connectivity index (χ1) is 12.2. The van der Waals surface area contributed by atoms with Crippen LogP contribution in [0.3, 0.4) is 0 Å². The molecule has 1 saturated heterocycles. The maximum Gasteiger partial charge on any atom is 0.251 e. The maximum atomic E-state index is 12.0. The lowest BCUT2D eigenvalue weighted by Gasteiger charge is -2.32. The van der Waals surface area contributed by atoms with E-state index >= 15 is 0 Å². The molecule has 1 aliphatic heterocycles. The van der Waals surface area contributed by atoms with Crippen molar-refractivity contribution in [1.29, 1.82) is 0 Å². The van der Waals surface area contributed by atoms with Crippen LogP contribution in [0.2, 0.25) is 0 Å². The van der Waals surface area contributed by atoms with Crippen LogP contribution in [0.4, 0.5) is 5.13 Å². The molecule has 1 fully saturated rings. The monoisotopic (exact) mass is 358 g/mol. The second kappa shape index (κ2) is 8.62. The van der Waals surface area contributed by atoms with Crippen LogP contribution in [-0.2, 0) is 4.79 Å². The Labute approximate surface area is 151 Å². The van der Waals surface area contributed by atoms with Crippen LogP contribution in [0.15, 0.2) is 41.9 Å². The van der Waals surface area contributed by atoms with Gasteiger partial charge in [0.05, 0.1) is 6.54 Å². The summed E-state index contributed by atoms with van der Waals surface area (Å²) in [5.41, 5.74) is 0.557. The van der Waals surface area contributed by atoms with Gasteiger partial charge < -0.3 is 15.5 Å². The number of rotatable bonds is 6. The Morgan fingerprint density at radius 3 is 2.84 bits per heavy atom. The quantitative estimate of drug-likeness (QED) is 0.827. The summed E-state index contributed by atoms with van der Waals surface area (Å²) in [6.45, 7) is 2.55. The molecule has 0 aliphatic carbocycles. The van der Waals surface area contributed by atoms with E-state index < -0.39 is 0 Å². The summed E-state index contributed by atoms with van der Waals surface area (Å²) >= 11 is 1.65. The number of nitrogens with one attached hydrogen (secondary N) is 2. The number of thiazole rings is 1. The van der Waals surface area contributed by atoms with Gasteiger partial charge in [-0.25, -0.2) is 4.98 Å². The fourth-order valence-electron chi connectivity index (χ4n) is 2.95. The van der Waals surface area contributed by atoms with Gasteiger partial charge in [0.15, 0.2) is 5.13 Å². The zero-order chi connectivity index (χ0) is 17.5. The Morgan fingerprint density at radius 2 is 2.08 bits per heavy atom. The summed E-state index contributed by atoms with van der Waals surface area (Å²) < 4.78 is 0. The van der Waals surface area contributed by atoms with Crippen molar-refractivity contribution in [1.82, 2.24) is 15.6 Å². The lowest BCUT2D eigenvalue weighted by atomic mass is 9.98. The number of hydrogen-bond acceptors (Lipinski definition) is 5. The Morgan fingerprint density at radius 1 is 1.24 bits per heavy atom. The number of amides is 2. The number of benzene rings is 1. The van der Waals surface area contributed by atoms with Crippen LogP contribution < -0.4 is 15.5 Å². The van der Waals surface area contributed by atoms with Crippen molar-refractivity contribution in [2.24, 2.45) is 5.92 Å².